The van der Waals surface area contributed by atoms with Gasteiger partial charge in [-0.3, -0.25) is 0 Å². The van der Waals surface area contributed by atoms with Crippen LogP contribution in [0, 0.1) is 5.92 Å². The molecule has 1 aromatic carbocycles. The highest BCUT2D eigenvalue weighted by Gasteiger charge is 2.28. The van der Waals surface area contributed by atoms with E-state index in [1.54, 1.807) is 0 Å². The maximum absolute atomic E-state index is 11.8. The van der Waals surface area contributed by atoms with Gasteiger partial charge in [-0.15, -0.1) is 0 Å². The highest BCUT2D eigenvalue weighted by molar-refractivity contribution is 7.91. The third kappa shape index (κ3) is 4.40. The van der Waals surface area contributed by atoms with Crippen molar-refractivity contribution in [3.8, 4) is 11.4 Å². The van der Waals surface area contributed by atoms with Crippen LogP contribution in [-0.2, 0) is 9.84 Å². The van der Waals surface area contributed by atoms with Crippen molar-refractivity contribution in [3.05, 3.63) is 36.4 Å². The molecular formula is C20H26N4O2S. The van der Waals surface area contributed by atoms with Gasteiger partial charge in [0.05, 0.1) is 11.5 Å². The molecule has 0 bridgehead atoms. The van der Waals surface area contributed by atoms with Crippen molar-refractivity contribution < 1.29 is 8.42 Å². The van der Waals surface area contributed by atoms with Crippen molar-refractivity contribution in [1.29, 1.82) is 0 Å². The average Bonchev–Trinajstić information content (AvgIpc) is 3.01. The number of benzene rings is 1. The summed E-state index contributed by atoms with van der Waals surface area (Å²) in [5, 5.41) is 3.34. The molecule has 1 atom stereocenters. The Morgan fingerprint density at radius 2 is 1.81 bits per heavy atom. The summed E-state index contributed by atoms with van der Waals surface area (Å²) in [5.74, 6) is 3.47. The molecule has 2 aliphatic rings. The maximum Gasteiger partial charge on any atom is 0.163 e. The second-order valence-corrected chi connectivity index (χ2v) is 9.94. The van der Waals surface area contributed by atoms with Gasteiger partial charge in [0.1, 0.15) is 11.6 Å². The van der Waals surface area contributed by atoms with Crippen molar-refractivity contribution in [2.75, 3.05) is 34.8 Å². The Kier molecular flexibility index (Phi) is 5.04. The number of hydrogen-bond donors (Lipinski definition) is 1. The Morgan fingerprint density at radius 3 is 2.48 bits per heavy atom. The van der Waals surface area contributed by atoms with E-state index in [0.717, 1.165) is 43.2 Å². The zero-order valence-corrected chi connectivity index (χ0v) is 16.5. The van der Waals surface area contributed by atoms with Crippen LogP contribution >= 0.6 is 0 Å². The van der Waals surface area contributed by atoms with Gasteiger partial charge in [0.2, 0.25) is 0 Å². The molecule has 2 aliphatic heterocycles. The first-order chi connectivity index (χ1) is 13.0. The topological polar surface area (TPSA) is 75.2 Å². The van der Waals surface area contributed by atoms with Crippen LogP contribution in [-0.4, -0.2) is 49.0 Å². The SMILES string of the molecule is CC1CCN(c2cc(NC3CCS(=O)(=O)C3)nc(-c3ccccc3)n2)CC1. The summed E-state index contributed by atoms with van der Waals surface area (Å²) in [4.78, 5) is 11.8. The van der Waals surface area contributed by atoms with E-state index >= 15 is 0 Å². The molecule has 1 unspecified atom stereocenters. The van der Waals surface area contributed by atoms with E-state index < -0.39 is 9.84 Å². The lowest BCUT2D eigenvalue weighted by molar-refractivity contribution is 0.436. The van der Waals surface area contributed by atoms with Crippen molar-refractivity contribution in [1.82, 2.24) is 9.97 Å². The zero-order chi connectivity index (χ0) is 18.9. The molecule has 2 fully saturated rings. The van der Waals surface area contributed by atoms with Crippen molar-refractivity contribution in [2.24, 2.45) is 5.92 Å². The first kappa shape index (κ1) is 18.2. The summed E-state index contributed by atoms with van der Waals surface area (Å²) in [6.45, 7) is 4.27. The Hall–Kier alpha value is -2.15. The molecule has 0 spiro atoms. The second kappa shape index (κ2) is 7.46. The minimum atomic E-state index is -2.93. The van der Waals surface area contributed by atoms with Gasteiger partial charge in [-0.05, 0) is 25.2 Å². The fourth-order valence-corrected chi connectivity index (χ4v) is 5.42. The van der Waals surface area contributed by atoms with Crippen molar-refractivity contribution in [3.63, 3.8) is 0 Å². The molecule has 7 heteroatoms. The van der Waals surface area contributed by atoms with E-state index in [-0.39, 0.29) is 17.5 Å². The fraction of sp³-hybridized carbons (Fsp3) is 0.500. The van der Waals surface area contributed by atoms with Crippen molar-refractivity contribution >= 4 is 21.5 Å². The molecular weight excluding hydrogens is 360 g/mol. The number of sulfone groups is 1. The van der Waals surface area contributed by atoms with Gasteiger partial charge in [0, 0.05) is 30.8 Å². The molecule has 1 aromatic heterocycles. The number of aromatic nitrogens is 2. The molecule has 0 aliphatic carbocycles. The van der Waals surface area contributed by atoms with Gasteiger partial charge in [-0.1, -0.05) is 37.3 Å². The normalized spacial score (nSPS) is 22.7. The average molecular weight is 387 g/mol. The van der Waals surface area contributed by atoms with Crippen LogP contribution in [0.3, 0.4) is 0 Å². The summed E-state index contributed by atoms with van der Waals surface area (Å²) in [6.07, 6.45) is 2.95. The quantitative estimate of drug-likeness (QED) is 0.871. The van der Waals surface area contributed by atoms with Crippen LogP contribution in [0.15, 0.2) is 36.4 Å². The Labute approximate surface area is 161 Å². The lowest BCUT2D eigenvalue weighted by Gasteiger charge is -2.31. The summed E-state index contributed by atoms with van der Waals surface area (Å²) < 4.78 is 23.6. The van der Waals surface area contributed by atoms with Crippen molar-refractivity contribution in [2.45, 2.75) is 32.2 Å². The van der Waals surface area contributed by atoms with Crippen LogP contribution in [0.2, 0.25) is 0 Å². The summed E-state index contributed by atoms with van der Waals surface area (Å²) in [6, 6.07) is 11.8. The van der Waals surface area contributed by atoms with E-state index in [2.05, 4.69) is 22.1 Å². The largest absolute Gasteiger partial charge is 0.366 e. The molecule has 144 valence electrons. The molecule has 27 heavy (non-hydrogen) atoms. The third-order valence-corrected chi connectivity index (χ3v) is 7.20. The lowest BCUT2D eigenvalue weighted by Crippen LogP contribution is -2.33. The second-order valence-electron chi connectivity index (χ2n) is 7.71. The van der Waals surface area contributed by atoms with Crippen LogP contribution < -0.4 is 10.2 Å². The highest BCUT2D eigenvalue weighted by Crippen LogP contribution is 2.27. The number of anilines is 2. The summed E-state index contributed by atoms with van der Waals surface area (Å²) >= 11 is 0. The molecule has 0 amide bonds. The van der Waals surface area contributed by atoms with E-state index in [4.69, 9.17) is 4.98 Å². The third-order valence-electron chi connectivity index (χ3n) is 5.44. The number of nitrogens with zero attached hydrogens (tertiary/aromatic N) is 3. The molecule has 2 saturated heterocycles. The number of nitrogens with one attached hydrogen (secondary N) is 1. The minimum absolute atomic E-state index is 0.0808. The standard InChI is InChI=1S/C20H26N4O2S/c1-15-7-10-24(11-8-15)19-13-18(21-17-9-12-27(25,26)14-17)22-20(23-19)16-5-3-2-4-6-16/h2-6,13,15,17H,7-12,14H2,1H3,(H,21,22,23). The molecule has 0 saturated carbocycles. The first-order valence-electron chi connectivity index (χ1n) is 9.65. The molecule has 0 radical (unpaired) electrons. The predicted octanol–water partition coefficient (Wildman–Crippen LogP) is 2.98. The Morgan fingerprint density at radius 1 is 1.07 bits per heavy atom. The molecule has 3 heterocycles. The molecule has 1 N–H and O–H groups in total. The highest BCUT2D eigenvalue weighted by atomic mass is 32.2. The van der Waals surface area contributed by atoms with E-state index in [0.29, 0.717) is 18.1 Å². The van der Waals surface area contributed by atoms with E-state index in [1.165, 1.54) is 0 Å². The monoisotopic (exact) mass is 386 g/mol. The summed E-state index contributed by atoms with van der Waals surface area (Å²) in [7, 11) is -2.93. The van der Waals surface area contributed by atoms with Gasteiger partial charge in [-0.25, -0.2) is 18.4 Å². The summed E-state index contributed by atoms with van der Waals surface area (Å²) in [5.41, 5.74) is 0.965. The first-order valence-corrected chi connectivity index (χ1v) is 11.5. The van der Waals surface area contributed by atoms with Gasteiger partial charge in [0.15, 0.2) is 15.7 Å². The lowest BCUT2D eigenvalue weighted by atomic mass is 9.99. The van der Waals surface area contributed by atoms with Gasteiger partial charge in [-0.2, -0.15) is 0 Å². The smallest absolute Gasteiger partial charge is 0.163 e. The van der Waals surface area contributed by atoms with Crippen LogP contribution in [0.5, 0.6) is 0 Å². The van der Waals surface area contributed by atoms with Crippen LogP contribution in [0.1, 0.15) is 26.2 Å². The number of piperidine rings is 1. The Balaban J connectivity index is 1.64. The Bertz CT molecular complexity index is 893. The van der Waals surface area contributed by atoms with Gasteiger partial charge >= 0.3 is 0 Å². The minimum Gasteiger partial charge on any atom is -0.366 e. The van der Waals surface area contributed by atoms with Gasteiger partial charge in [0.25, 0.3) is 0 Å². The van der Waals surface area contributed by atoms with Gasteiger partial charge < -0.3 is 10.2 Å². The zero-order valence-electron chi connectivity index (χ0n) is 15.6. The molecule has 4 rings (SSSR count). The fourth-order valence-electron chi connectivity index (χ4n) is 3.74. The van der Waals surface area contributed by atoms with E-state index in [9.17, 15) is 8.42 Å². The van der Waals surface area contributed by atoms with E-state index in [1.807, 2.05) is 36.4 Å². The van der Waals surface area contributed by atoms with Crippen LogP contribution in [0.25, 0.3) is 11.4 Å². The number of hydrogen-bond acceptors (Lipinski definition) is 6. The molecule has 6 nitrogen and oxygen atoms in total. The maximum atomic E-state index is 11.8. The molecule has 2 aromatic rings. The number of rotatable bonds is 4. The van der Waals surface area contributed by atoms with Crippen LogP contribution in [0.4, 0.5) is 11.6 Å². The predicted molar refractivity (Wildman–Crippen MR) is 109 cm³/mol.